The molecule has 4 aromatic heterocycles. The Labute approximate surface area is 318 Å². The van der Waals surface area contributed by atoms with Crippen LogP contribution in [0.2, 0.25) is 0 Å². The molecule has 8 bridgehead atoms. The van der Waals surface area contributed by atoms with Gasteiger partial charge in [0.05, 0.1) is 16.7 Å². The number of aryl methyl sites for hydroxylation is 4. The second kappa shape index (κ2) is 13.4. The van der Waals surface area contributed by atoms with Crippen LogP contribution in [0, 0.1) is 27.7 Å². The van der Waals surface area contributed by atoms with E-state index in [0.717, 1.165) is 94.4 Å². The van der Waals surface area contributed by atoms with E-state index < -0.39 is 5.97 Å². The fourth-order valence-electron chi connectivity index (χ4n) is 7.69. The molecule has 268 valence electrons. The molecule has 5 N–H and O–H groups in total. The molecule has 1 aliphatic rings. The van der Waals surface area contributed by atoms with Gasteiger partial charge in [0.1, 0.15) is 5.57 Å². The van der Waals surface area contributed by atoms with E-state index in [-0.39, 0.29) is 5.57 Å². The first-order chi connectivity index (χ1) is 26.7. The van der Waals surface area contributed by atoms with Crippen molar-refractivity contribution in [2.45, 2.75) is 27.7 Å². The van der Waals surface area contributed by atoms with Crippen LogP contribution in [0.1, 0.15) is 61.7 Å². The third kappa shape index (κ3) is 6.17. The van der Waals surface area contributed by atoms with Gasteiger partial charge in [0.25, 0.3) is 0 Å². The number of carboxylic acid groups (broad SMARTS) is 1. The second-order valence-corrected chi connectivity index (χ2v) is 14.6. The Morgan fingerprint density at radius 3 is 1.24 bits per heavy atom. The summed E-state index contributed by atoms with van der Waals surface area (Å²) in [6.45, 7) is 8.33. The molecule has 0 unspecified atom stereocenters. The predicted octanol–water partition coefficient (Wildman–Crippen LogP) is 7.24. The summed E-state index contributed by atoms with van der Waals surface area (Å²) < 4.78 is 0. The van der Waals surface area contributed by atoms with Gasteiger partial charge < -0.3 is 25.0 Å². The Morgan fingerprint density at radius 1 is 0.400 bits per heavy atom. The first kappa shape index (κ1) is 33.8. The molecule has 1 aliphatic heterocycles. The Kier molecular flexibility index (Phi) is 8.24. The van der Waals surface area contributed by atoms with E-state index in [4.69, 9.17) is 0 Å². The van der Waals surface area contributed by atoms with Gasteiger partial charge in [-0.25, -0.2) is 4.79 Å². The lowest BCUT2D eigenvalue weighted by Crippen LogP contribution is -2.21. The predicted molar refractivity (Wildman–Crippen MR) is 220 cm³/mol. The number of nitrogens with one attached hydrogen (secondary N) is 4. The van der Waals surface area contributed by atoms with Crippen molar-refractivity contribution in [3.63, 3.8) is 0 Å². The minimum absolute atomic E-state index is 0.152. The maximum atomic E-state index is 13.4. The minimum atomic E-state index is -1.03. The number of carbonyl (C=O) groups is 1. The first-order valence-corrected chi connectivity index (χ1v) is 18.5. The summed E-state index contributed by atoms with van der Waals surface area (Å²) in [5, 5.41) is 14.1. The van der Waals surface area contributed by atoms with Gasteiger partial charge in [-0.05, 0) is 92.4 Å². The van der Waals surface area contributed by atoms with Crippen LogP contribution in [0.4, 0.5) is 0 Å². The van der Waals surface area contributed by atoms with Crippen LogP contribution in [0.5, 0.6) is 0 Å². The molecule has 6 heteroatoms. The molecule has 9 rings (SSSR count). The average Bonchev–Trinajstić information content (AvgIpc) is 4.01. The number of aliphatic carboxylic acids is 1. The number of rotatable bonds is 5. The number of carboxylic acids is 1. The highest BCUT2D eigenvalue weighted by molar-refractivity contribution is 6.14. The van der Waals surface area contributed by atoms with Crippen molar-refractivity contribution in [2.75, 3.05) is 0 Å². The highest BCUT2D eigenvalue weighted by Crippen LogP contribution is 2.34. The molecule has 4 aromatic carbocycles. The van der Waals surface area contributed by atoms with Crippen molar-refractivity contribution in [2.24, 2.45) is 0 Å². The van der Waals surface area contributed by atoms with Gasteiger partial charge in [-0.2, -0.15) is 0 Å². The summed E-state index contributed by atoms with van der Waals surface area (Å²) in [6.07, 6.45) is 0. The van der Waals surface area contributed by atoms with Crippen molar-refractivity contribution in [3.05, 3.63) is 223 Å². The normalized spacial score (nSPS) is 12.7. The molecule has 0 aliphatic carbocycles. The van der Waals surface area contributed by atoms with E-state index in [1.807, 2.05) is 18.2 Å². The number of H-pyrrole nitrogens is 4. The Bertz CT molecular complexity index is 3000. The number of hydrogen-bond acceptors (Lipinski definition) is 1. The van der Waals surface area contributed by atoms with Crippen LogP contribution in [0.15, 0.2) is 140 Å². The molecule has 5 heterocycles. The van der Waals surface area contributed by atoms with Crippen LogP contribution in [0.3, 0.4) is 0 Å². The number of benzene rings is 4. The van der Waals surface area contributed by atoms with Crippen molar-refractivity contribution in [3.8, 4) is 11.1 Å². The number of aromatic amines is 4. The fourth-order valence-corrected chi connectivity index (χ4v) is 7.69. The molecule has 0 fully saturated rings. The van der Waals surface area contributed by atoms with E-state index in [9.17, 15) is 9.90 Å². The fraction of sp³-hybridized carbons (Fsp3) is 0.0816. The average molecular weight is 717 g/mol. The van der Waals surface area contributed by atoms with E-state index in [0.29, 0.717) is 11.0 Å². The molecule has 0 radical (unpaired) electrons. The van der Waals surface area contributed by atoms with Gasteiger partial charge in [0.15, 0.2) is 0 Å². The molecule has 55 heavy (non-hydrogen) atoms. The molecular weight excluding hydrogens is 677 g/mol. The third-order valence-electron chi connectivity index (χ3n) is 10.6. The zero-order valence-electron chi connectivity index (χ0n) is 31.1. The van der Waals surface area contributed by atoms with Crippen LogP contribution in [-0.2, 0) is 4.79 Å². The lowest BCUT2D eigenvalue weighted by Gasteiger charge is -2.11. The summed E-state index contributed by atoms with van der Waals surface area (Å²) in [5.41, 5.74) is 15.8. The zero-order valence-corrected chi connectivity index (χ0v) is 31.1. The minimum Gasteiger partial charge on any atom is -0.478 e. The van der Waals surface area contributed by atoms with E-state index in [2.05, 4.69) is 169 Å². The molecule has 0 saturated carbocycles. The molecular formula is C49H40N4O2. The number of aromatic nitrogens is 4. The largest absolute Gasteiger partial charge is 0.478 e. The molecule has 0 saturated heterocycles. The quantitative estimate of drug-likeness (QED) is 0.130. The summed E-state index contributed by atoms with van der Waals surface area (Å²) in [7, 11) is 0. The van der Waals surface area contributed by atoms with E-state index in [1.165, 1.54) is 5.56 Å². The third-order valence-corrected chi connectivity index (χ3v) is 10.6. The summed E-state index contributed by atoms with van der Waals surface area (Å²) in [6, 6.07) is 48.3. The van der Waals surface area contributed by atoms with Gasteiger partial charge in [0, 0.05) is 49.7 Å². The van der Waals surface area contributed by atoms with Gasteiger partial charge in [-0.15, -0.1) is 0 Å². The lowest BCUT2D eigenvalue weighted by molar-refractivity contribution is -0.130. The number of hydrogen-bond donors (Lipinski definition) is 5. The molecule has 0 atom stereocenters. The maximum Gasteiger partial charge on any atom is 0.339 e. The van der Waals surface area contributed by atoms with Gasteiger partial charge in [-0.1, -0.05) is 119 Å². The maximum absolute atomic E-state index is 13.4. The standard InChI is InChI=1S/C49H40N4O2/c1-28-5-13-32(14-6-28)36-27-43-47(49(54)55)42-26-24-40(52-42)45(34-17-9-30(3)10-18-34)38-22-21-37(50-38)44(33-15-7-29(2)8-16-33)39-23-25-41(51-39)46(48(36)53-43)35-19-11-31(4)12-20-35/h5-27,50-53H,1-4H3,(H,54,55). The topological polar surface area (TPSA) is 100 Å². The molecule has 0 spiro atoms. The Balaban J connectivity index is 1.47. The van der Waals surface area contributed by atoms with Crippen LogP contribution < -0.4 is 21.4 Å². The lowest BCUT2D eigenvalue weighted by atomic mass is 9.95. The Morgan fingerprint density at radius 2 is 0.782 bits per heavy atom. The van der Waals surface area contributed by atoms with E-state index in [1.54, 1.807) is 0 Å². The van der Waals surface area contributed by atoms with Crippen molar-refractivity contribution >= 4 is 28.3 Å². The van der Waals surface area contributed by atoms with Crippen LogP contribution >= 0.6 is 0 Å². The zero-order chi connectivity index (χ0) is 37.8. The summed E-state index contributed by atoms with van der Waals surface area (Å²) in [5.74, 6) is -1.03. The van der Waals surface area contributed by atoms with Crippen LogP contribution in [-0.4, -0.2) is 31.0 Å². The molecule has 6 nitrogen and oxygen atoms in total. The smallest absolute Gasteiger partial charge is 0.339 e. The molecule has 8 aromatic rings. The van der Waals surface area contributed by atoms with E-state index >= 15 is 0 Å². The first-order valence-electron chi connectivity index (χ1n) is 18.5. The molecule has 0 amide bonds. The summed E-state index contributed by atoms with van der Waals surface area (Å²) >= 11 is 0. The van der Waals surface area contributed by atoms with Crippen molar-refractivity contribution < 1.29 is 9.90 Å². The highest BCUT2D eigenvalue weighted by Gasteiger charge is 2.23. The van der Waals surface area contributed by atoms with Gasteiger partial charge in [0.2, 0.25) is 0 Å². The second-order valence-electron chi connectivity index (χ2n) is 14.6. The van der Waals surface area contributed by atoms with Crippen LogP contribution in [0.25, 0.3) is 33.4 Å². The van der Waals surface area contributed by atoms with Crippen molar-refractivity contribution in [1.29, 1.82) is 0 Å². The summed E-state index contributed by atoms with van der Waals surface area (Å²) in [4.78, 5) is 28.2. The SMILES string of the molecule is Cc1ccc(C2=c3ccc([nH]3)=C(C(=O)O)c3cc(-c4ccc(C)cc4)c([nH]3)C(c3ccc(C)cc3)=c3ccc([nH]3)=C(c3ccc(C)cc3)c3ccc2[nH]3)cc1. The van der Waals surface area contributed by atoms with Gasteiger partial charge >= 0.3 is 5.97 Å². The van der Waals surface area contributed by atoms with Crippen molar-refractivity contribution in [1.82, 2.24) is 19.9 Å². The monoisotopic (exact) mass is 716 g/mol. The Hall–Kier alpha value is -7.05. The highest BCUT2D eigenvalue weighted by atomic mass is 16.4. The number of fused-ring (bicyclic) bond motifs is 8. The van der Waals surface area contributed by atoms with Gasteiger partial charge in [-0.3, -0.25) is 0 Å².